The molecule has 0 bridgehead atoms. The van der Waals surface area contributed by atoms with Crippen LogP contribution in [0.5, 0.6) is 5.75 Å². The average Bonchev–Trinajstić information content (AvgIpc) is 3.17. The van der Waals surface area contributed by atoms with Crippen molar-refractivity contribution in [1.82, 2.24) is 4.98 Å². The molecular weight excluding hydrogens is 276 g/mol. The molecule has 1 N–H and O–H groups in total. The van der Waals surface area contributed by atoms with Crippen molar-refractivity contribution in [1.29, 1.82) is 0 Å². The molecule has 110 valence electrons. The van der Waals surface area contributed by atoms with Gasteiger partial charge in [0.15, 0.2) is 0 Å². The maximum Gasteiger partial charge on any atom is 0.274 e. The largest absolute Gasteiger partial charge is 0.497 e. The summed E-state index contributed by atoms with van der Waals surface area (Å²) in [5.41, 5.74) is 3.77. The summed E-state index contributed by atoms with van der Waals surface area (Å²) >= 11 is 0. The number of methoxy groups -OCH3 is 1. The third-order valence-electron chi connectivity index (χ3n) is 4.19. The van der Waals surface area contributed by atoms with Gasteiger partial charge in [-0.2, -0.15) is 0 Å². The second-order valence-corrected chi connectivity index (χ2v) is 5.47. The Balaban J connectivity index is 1.72. The van der Waals surface area contributed by atoms with Gasteiger partial charge in [0.25, 0.3) is 5.91 Å². The van der Waals surface area contributed by atoms with Gasteiger partial charge in [0, 0.05) is 29.2 Å². The van der Waals surface area contributed by atoms with E-state index >= 15 is 0 Å². The number of fused-ring (bicyclic) bond motifs is 2. The highest BCUT2D eigenvalue weighted by Gasteiger charge is 2.26. The Bertz CT molecular complexity index is 866. The van der Waals surface area contributed by atoms with E-state index < -0.39 is 0 Å². The summed E-state index contributed by atoms with van der Waals surface area (Å²) in [4.78, 5) is 17.8. The highest BCUT2D eigenvalue weighted by molar-refractivity contribution is 6.08. The summed E-state index contributed by atoms with van der Waals surface area (Å²) in [7, 11) is 1.64. The fraction of sp³-hybridized carbons (Fsp3) is 0.167. The molecule has 4 heteroatoms. The summed E-state index contributed by atoms with van der Waals surface area (Å²) in [6.45, 7) is 0.733. The first-order valence-corrected chi connectivity index (χ1v) is 7.33. The van der Waals surface area contributed by atoms with Gasteiger partial charge >= 0.3 is 0 Å². The van der Waals surface area contributed by atoms with Crippen molar-refractivity contribution < 1.29 is 9.53 Å². The van der Waals surface area contributed by atoms with Crippen LogP contribution in [0.4, 0.5) is 5.69 Å². The molecule has 0 spiro atoms. The first kappa shape index (κ1) is 13.0. The summed E-state index contributed by atoms with van der Waals surface area (Å²) in [6.07, 6.45) is 0.913. The highest BCUT2D eigenvalue weighted by atomic mass is 16.5. The fourth-order valence-electron chi connectivity index (χ4n) is 3.04. The number of hydrogen-bond donors (Lipinski definition) is 1. The number of para-hydroxylation sites is 1. The summed E-state index contributed by atoms with van der Waals surface area (Å²) in [5.74, 6) is 0.792. The third-order valence-corrected chi connectivity index (χ3v) is 4.19. The number of nitrogens with one attached hydrogen (secondary N) is 1. The van der Waals surface area contributed by atoms with Crippen molar-refractivity contribution in [2.75, 3.05) is 18.6 Å². The van der Waals surface area contributed by atoms with E-state index in [1.54, 1.807) is 7.11 Å². The fourth-order valence-corrected chi connectivity index (χ4v) is 3.04. The molecule has 4 rings (SSSR count). The van der Waals surface area contributed by atoms with E-state index in [0.717, 1.165) is 35.3 Å². The van der Waals surface area contributed by atoms with E-state index in [2.05, 4.69) is 11.1 Å². The van der Waals surface area contributed by atoms with E-state index in [9.17, 15) is 4.79 Å². The van der Waals surface area contributed by atoms with Crippen molar-refractivity contribution >= 4 is 22.5 Å². The molecule has 0 saturated carbocycles. The normalized spacial score (nSPS) is 13.4. The van der Waals surface area contributed by atoms with Gasteiger partial charge in [0.2, 0.25) is 0 Å². The smallest absolute Gasteiger partial charge is 0.274 e. The Kier molecular flexibility index (Phi) is 2.89. The molecule has 0 fully saturated rings. The van der Waals surface area contributed by atoms with E-state index in [4.69, 9.17) is 4.74 Å². The lowest BCUT2D eigenvalue weighted by Crippen LogP contribution is -2.29. The van der Waals surface area contributed by atoms with Crippen molar-refractivity contribution in [2.45, 2.75) is 6.42 Å². The number of aromatic amines is 1. The van der Waals surface area contributed by atoms with Crippen molar-refractivity contribution in [3.05, 3.63) is 59.8 Å². The molecule has 0 saturated heterocycles. The van der Waals surface area contributed by atoms with Crippen LogP contribution in [0.15, 0.2) is 48.5 Å². The monoisotopic (exact) mass is 292 g/mol. The molecule has 1 amide bonds. The maximum atomic E-state index is 12.8. The van der Waals surface area contributed by atoms with Gasteiger partial charge in [-0.1, -0.05) is 18.2 Å². The number of aromatic nitrogens is 1. The predicted molar refractivity (Wildman–Crippen MR) is 86.7 cm³/mol. The lowest BCUT2D eigenvalue weighted by molar-refractivity contribution is 0.0985. The van der Waals surface area contributed by atoms with Crippen molar-refractivity contribution in [3.8, 4) is 5.75 Å². The van der Waals surface area contributed by atoms with Gasteiger partial charge in [0.1, 0.15) is 11.4 Å². The SMILES string of the molecule is COc1ccc2cc(C(=O)N3CCc4ccccc43)[nH]c2c1. The Hall–Kier alpha value is -2.75. The summed E-state index contributed by atoms with van der Waals surface area (Å²) in [5, 5.41) is 1.01. The van der Waals surface area contributed by atoms with E-state index in [0.29, 0.717) is 5.69 Å². The van der Waals surface area contributed by atoms with Gasteiger partial charge in [-0.3, -0.25) is 4.79 Å². The molecule has 3 aromatic rings. The number of hydrogen-bond acceptors (Lipinski definition) is 2. The second kappa shape index (κ2) is 4.91. The Morgan fingerprint density at radius 1 is 1.18 bits per heavy atom. The van der Waals surface area contributed by atoms with E-state index in [1.807, 2.05) is 47.4 Å². The zero-order chi connectivity index (χ0) is 15.1. The Morgan fingerprint density at radius 2 is 2.05 bits per heavy atom. The summed E-state index contributed by atoms with van der Waals surface area (Å²) in [6, 6.07) is 15.7. The first-order valence-electron chi connectivity index (χ1n) is 7.33. The number of rotatable bonds is 2. The quantitative estimate of drug-likeness (QED) is 0.787. The van der Waals surface area contributed by atoms with Gasteiger partial charge in [0.05, 0.1) is 7.11 Å². The van der Waals surface area contributed by atoms with Crippen molar-refractivity contribution in [3.63, 3.8) is 0 Å². The van der Waals surface area contributed by atoms with Crippen LogP contribution in [0.2, 0.25) is 0 Å². The number of benzene rings is 2. The van der Waals surface area contributed by atoms with Crippen LogP contribution in [0.1, 0.15) is 16.1 Å². The van der Waals surface area contributed by atoms with Crippen molar-refractivity contribution in [2.24, 2.45) is 0 Å². The highest BCUT2D eigenvalue weighted by Crippen LogP contribution is 2.29. The standard InChI is InChI=1S/C18H16N2O2/c1-22-14-7-6-13-10-16(19-15(13)11-14)18(21)20-9-8-12-4-2-3-5-17(12)20/h2-7,10-11,19H,8-9H2,1H3. The molecular formula is C18H16N2O2. The number of anilines is 1. The average molecular weight is 292 g/mol. The molecule has 0 radical (unpaired) electrons. The third kappa shape index (κ3) is 1.96. The number of carbonyl (C=O) groups excluding carboxylic acids is 1. The first-order chi connectivity index (χ1) is 10.8. The van der Waals surface area contributed by atoms with Gasteiger partial charge in [-0.25, -0.2) is 0 Å². The molecule has 1 aliphatic heterocycles. The van der Waals surface area contributed by atoms with Gasteiger partial charge in [-0.15, -0.1) is 0 Å². The van der Waals surface area contributed by atoms with Crippen LogP contribution in [-0.2, 0) is 6.42 Å². The maximum absolute atomic E-state index is 12.8. The molecule has 0 aliphatic carbocycles. The number of amides is 1. The minimum atomic E-state index is 0.0140. The van der Waals surface area contributed by atoms with Crippen LogP contribution < -0.4 is 9.64 Å². The topological polar surface area (TPSA) is 45.3 Å². The van der Waals surface area contributed by atoms with Crippen LogP contribution in [0.3, 0.4) is 0 Å². The van der Waals surface area contributed by atoms with Crippen LogP contribution in [0.25, 0.3) is 10.9 Å². The number of ether oxygens (including phenoxy) is 1. The lowest BCUT2D eigenvalue weighted by atomic mass is 10.2. The van der Waals surface area contributed by atoms with E-state index in [1.165, 1.54) is 5.56 Å². The molecule has 0 atom stereocenters. The molecule has 1 aromatic heterocycles. The molecule has 2 heterocycles. The minimum Gasteiger partial charge on any atom is -0.497 e. The van der Waals surface area contributed by atoms with E-state index in [-0.39, 0.29) is 5.91 Å². The zero-order valence-corrected chi connectivity index (χ0v) is 12.3. The molecule has 1 aliphatic rings. The van der Waals surface area contributed by atoms with Crippen LogP contribution in [0, 0.1) is 0 Å². The van der Waals surface area contributed by atoms with Crippen LogP contribution >= 0.6 is 0 Å². The molecule has 2 aromatic carbocycles. The number of H-pyrrole nitrogens is 1. The number of carbonyl (C=O) groups is 1. The predicted octanol–water partition coefficient (Wildman–Crippen LogP) is 3.38. The minimum absolute atomic E-state index is 0.0140. The molecule has 22 heavy (non-hydrogen) atoms. The number of nitrogens with zero attached hydrogens (tertiary/aromatic N) is 1. The summed E-state index contributed by atoms with van der Waals surface area (Å²) < 4.78 is 5.22. The zero-order valence-electron chi connectivity index (χ0n) is 12.3. The molecule has 4 nitrogen and oxygen atoms in total. The lowest BCUT2D eigenvalue weighted by Gasteiger charge is -2.16. The van der Waals surface area contributed by atoms with Gasteiger partial charge < -0.3 is 14.6 Å². The second-order valence-electron chi connectivity index (χ2n) is 5.47. The molecule has 0 unspecified atom stereocenters. The Morgan fingerprint density at radius 3 is 2.91 bits per heavy atom. The van der Waals surface area contributed by atoms with Crippen LogP contribution in [-0.4, -0.2) is 24.5 Å². The van der Waals surface area contributed by atoms with Gasteiger partial charge in [-0.05, 0) is 36.2 Å². The Labute approximate surface area is 128 Å².